The van der Waals surface area contributed by atoms with Crippen LogP contribution in [0.3, 0.4) is 0 Å². The summed E-state index contributed by atoms with van der Waals surface area (Å²) in [6.45, 7) is 3.85. The van der Waals surface area contributed by atoms with Crippen molar-refractivity contribution in [3.63, 3.8) is 0 Å². The molecule has 6 rings (SSSR count). The molecule has 3 aliphatic carbocycles. The van der Waals surface area contributed by atoms with Gasteiger partial charge in [-0.2, -0.15) is 0 Å². The second-order valence-corrected chi connectivity index (χ2v) is 17.9. The van der Waals surface area contributed by atoms with Crippen molar-refractivity contribution in [3.05, 3.63) is 30.3 Å². The second-order valence-electron chi connectivity index (χ2n) is 17.9. The lowest BCUT2D eigenvalue weighted by Crippen LogP contribution is -3.03. The molecule has 0 spiro atoms. The summed E-state index contributed by atoms with van der Waals surface area (Å²) in [5, 5.41) is 84.5. The standard InChI is InChI=1S/C42H63N3O13/c1-23(6-5-9-24-7-3-2-4-8-24)27(18-25-16-17-44-20-25)21-45-39(53)42(55)40(58-35(38(51)52)36(49)41(42,54)22-46)56-29-14-15-30-31(19-29)57-34(37(43)50)32(33(30)48)26-10-12-28(47)13-11-26/h5,9,16-17,20,22-24,26-36,39-40,45,47-49,54-55H,2-4,6-8,10-15,18-19,21H2,1H3,(H2,43,50)(H,51,52)/p+1. The summed E-state index contributed by atoms with van der Waals surface area (Å²) in [5.41, 5.74) is 0.188. The van der Waals surface area contributed by atoms with Crippen LogP contribution in [-0.4, -0.2) is 128 Å². The number of aldehydes is 1. The summed E-state index contributed by atoms with van der Waals surface area (Å²) in [6, 6.07) is 0. The molecule has 3 aliphatic heterocycles. The Hall–Kier alpha value is -2.77. The number of carbonyl (C=O) groups is 3. The van der Waals surface area contributed by atoms with Crippen molar-refractivity contribution >= 4 is 24.4 Å². The number of amides is 1. The number of aliphatic imine (C=N–C) groups is 1. The van der Waals surface area contributed by atoms with E-state index in [1.54, 1.807) is 12.8 Å². The van der Waals surface area contributed by atoms with Crippen LogP contribution < -0.4 is 21.3 Å². The van der Waals surface area contributed by atoms with Gasteiger partial charge in [0.1, 0.15) is 24.3 Å². The molecule has 0 aromatic rings. The van der Waals surface area contributed by atoms with Crippen molar-refractivity contribution in [1.29, 1.82) is 0 Å². The molecule has 16 heteroatoms. The number of primary amides is 1. The molecule has 0 radical (unpaired) electrons. The summed E-state index contributed by atoms with van der Waals surface area (Å²) in [5.74, 6) is -3.25. The molecule has 14 unspecified atom stereocenters. The smallest absolute Gasteiger partial charge is 0.297 e. The zero-order chi connectivity index (χ0) is 41.8. The number of fused-ring (bicyclic) bond motifs is 1. The molecule has 0 aromatic heterocycles. The molecule has 2 saturated heterocycles. The number of carboxylic acid groups (broad SMARTS) is 1. The molecule has 16 nitrogen and oxygen atoms in total. The number of carbonyl (C=O) groups excluding carboxylic acids is 3. The fourth-order valence-corrected chi connectivity index (χ4v) is 10.6. The van der Waals surface area contributed by atoms with Gasteiger partial charge in [0, 0.05) is 18.8 Å². The summed E-state index contributed by atoms with van der Waals surface area (Å²) in [6.07, 6.45) is 4.51. The number of hydrogen-bond acceptors (Lipinski definition) is 13. The van der Waals surface area contributed by atoms with Gasteiger partial charge in [0.25, 0.3) is 5.91 Å². The number of quaternary nitrogens is 1. The Bertz CT molecular complexity index is 1510. The summed E-state index contributed by atoms with van der Waals surface area (Å²) in [7, 11) is 0. The third kappa shape index (κ3) is 9.41. The van der Waals surface area contributed by atoms with E-state index in [1.165, 1.54) is 24.6 Å². The monoisotopic (exact) mass is 818 g/mol. The topological polar surface area (TPSA) is 285 Å². The Balaban J connectivity index is 1.19. The van der Waals surface area contributed by atoms with E-state index in [4.69, 9.17) is 19.9 Å². The quantitative estimate of drug-likeness (QED) is 0.0281. The van der Waals surface area contributed by atoms with Crippen molar-refractivity contribution in [3.8, 4) is 0 Å². The van der Waals surface area contributed by atoms with E-state index in [9.17, 15) is 50.1 Å². The average molecular weight is 819 g/mol. The number of ether oxygens (including phenoxy) is 3. The molecule has 1 amide bonds. The van der Waals surface area contributed by atoms with E-state index in [1.807, 2.05) is 6.08 Å². The number of nitrogens with two attached hydrogens (primary N) is 2. The molecule has 5 fully saturated rings. The SMILES string of the molecule is CC(CC=CC1CCCCC1)C(C[NH2+]C([O-])C1(O)C(OC2CCC3C(C2)[OH+]C(C(N)=O)C(C2CCC(O)CC2)C3O)OC(C(=O)[O-])C(O)C1(O)C=O)CC1=C[CH+]N=C1. The van der Waals surface area contributed by atoms with Gasteiger partial charge in [-0.25, -0.2) is 0 Å². The highest BCUT2D eigenvalue weighted by atomic mass is 16.7. The maximum atomic E-state index is 14.4. The highest BCUT2D eigenvalue weighted by molar-refractivity contribution is 5.82. The van der Waals surface area contributed by atoms with Gasteiger partial charge in [-0.3, -0.25) is 9.59 Å². The highest BCUT2D eigenvalue weighted by Gasteiger charge is 2.69. The van der Waals surface area contributed by atoms with Crippen LogP contribution in [0, 0.1) is 42.1 Å². The Morgan fingerprint density at radius 1 is 1.12 bits per heavy atom. The number of hydrogen-bond donors (Lipinski definition) is 7. The first-order valence-corrected chi connectivity index (χ1v) is 21.4. The van der Waals surface area contributed by atoms with Crippen LogP contribution in [0.2, 0.25) is 0 Å². The van der Waals surface area contributed by atoms with Gasteiger partial charge in [-0.05, 0) is 75.5 Å². The average Bonchev–Trinajstić information content (AvgIpc) is 3.73. The van der Waals surface area contributed by atoms with Gasteiger partial charge < -0.3 is 65.8 Å². The first kappa shape index (κ1) is 44.8. The van der Waals surface area contributed by atoms with Gasteiger partial charge in [0.05, 0.1) is 55.0 Å². The lowest BCUT2D eigenvalue weighted by atomic mass is 9.66. The van der Waals surface area contributed by atoms with Crippen molar-refractivity contribution in [2.24, 2.45) is 46.2 Å². The number of allylic oxidation sites excluding steroid dienone is 3. The first-order chi connectivity index (χ1) is 27.7. The Morgan fingerprint density at radius 2 is 1.84 bits per heavy atom. The fourth-order valence-electron chi connectivity index (χ4n) is 10.6. The lowest BCUT2D eigenvalue weighted by molar-refractivity contribution is -0.838. The number of aliphatic hydroxyl groups excluding tert-OH is 3. The van der Waals surface area contributed by atoms with E-state index in [0.29, 0.717) is 44.4 Å². The van der Waals surface area contributed by atoms with Crippen LogP contribution in [0.25, 0.3) is 0 Å². The van der Waals surface area contributed by atoms with Crippen LogP contribution >= 0.6 is 0 Å². The molecule has 6 aliphatic rings. The van der Waals surface area contributed by atoms with Gasteiger partial charge in [0.15, 0.2) is 36.1 Å². The summed E-state index contributed by atoms with van der Waals surface area (Å²) >= 11 is 0. The molecule has 14 atom stereocenters. The van der Waals surface area contributed by atoms with Crippen LogP contribution in [0.15, 0.2) is 28.8 Å². The Kier molecular flexibility index (Phi) is 14.9. The largest absolute Gasteiger partial charge is 0.804 e. The fraction of sp³-hybridized carbons (Fsp3) is 0.786. The Labute approximate surface area is 339 Å². The summed E-state index contributed by atoms with van der Waals surface area (Å²) in [4.78, 5) is 41.7. The third-order valence-electron chi connectivity index (χ3n) is 14.3. The van der Waals surface area contributed by atoms with Gasteiger partial charge in [-0.1, -0.05) is 38.3 Å². The predicted molar refractivity (Wildman–Crippen MR) is 203 cm³/mol. The molecular weight excluding hydrogens is 754 g/mol. The van der Waals surface area contributed by atoms with Crippen LogP contribution in [0.1, 0.15) is 96.8 Å². The first-order valence-electron chi connectivity index (χ1n) is 21.4. The van der Waals surface area contributed by atoms with E-state index in [-0.39, 0.29) is 43.4 Å². The minimum atomic E-state index is -3.36. The molecule has 58 heavy (non-hydrogen) atoms. The highest BCUT2D eigenvalue weighted by Crippen LogP contribution is 2.46. The Morgan fingerprint density at radius 3 is 2.48 bits per heavy atom. The number of nitrogens with zero attached hydrogens (tertiary/aromatic N) is 1. The zero-order valence-electron chi connectivity index (χ0n) is 33.4. The zero-order valence-corrected chi connectivity index (χ0v) is 33.4. The van der Waals surface area contributed by atoms with Gasteiger partial charge in [-0.15, -0.1) is 4.99 Å². The van der Waals surface area contributed by atoms with Crippen LogP contribution in [-0.2, 0) is 23.9 Å². The number of rotatable bonds is 16. The van der Waals surface area contributed by atoms with E-state index in [2.05, 4.69) is 24.1 Å². The van der Waals surface area contributed by atoms with E-state index >= 15 is 0 Å². The maximum Gasteiger partial charge on any atom is 0.297 e. The maximum absolute atomic E-state index is 14.4. The minimum Gasteiger partial charge on any atom is -0.804 e. The van der Waals surface area contributed by atoms with Gasteiger partial charge in [0.2, 0.25) is 6.10 Å². The molecule has 10 N–H and O–H groups in total. The lowest BCUT2D eigenvalue weighted by Gasteiger charge is -2.57. The summed E-state index contributed by atoms with van der Waals surface area (Å²) < 4.78 is 16.5. The molecule has 0 aromatic carbocycles. The second kappa shape index (κ2) is 19.3. The normalized spacial score (nSPS) is 41.2. The molecular formula is C42H64N3O13+. The van der Waals surface area contributed by atoms with E-state index in [0.717, 1.165) is 24.8 Å². The molecule has 324 valence electrons. The van der Waals surface area contributed by atoms with Gasteiger partial charge >= 0.3 is 0 Å². The predicted octanol–water partition coefficient (Wildman–Crippen LogP) is -2.45. The number of carboxylic acids is 1. The van der Waals surface area contributed by atoms with Crippen molar-refractivity contribution in [1.82, 2.24) is 0 Å². The molecule has 3 heterocycles. The minimum absolute atomic E-state index is 0.0461. The van der Waals surface area contributed by atoms with Crippen molar-refractivity contribution < 1.29 is 69.7 Å². The molecule has 0 bridgehead atoms. The van der Waals surface area contributed by atoms with Crippen LogP contribution in [0.4, 0.5) is 0 Å². The molecule has 3 saturated carbocycles. The number of aliphatic hydroxyl groups is 7. The van der Waals surface area contributed by atoms with Crippen molar-refractivity contribution in [2.45, 2.75) is 163 Å². The van der Waals surface area contributed by atoms with Crippen molar-refractivity contribution in [2.75, 3.05) is 6.54 Å². The van der Waals surface area contributed by atoms with Crippen LogP contribution in [0.5, 0.6) is 0 Å². The van der Waals surface area contributed by atoms with E-state index < -0.39 is 90.2 Å². The number of aliphatic carboxylic acids is 1. The third-order valence-corrected chi connectivity index (χ3v) is 14.3.